The Bertz CT molecular complexity index is 458. The molecule has 1 heterocycles. The van der Waals surface area contributed by atoms with Gasteiger partial charge in [0.15, 0.2) is 0 Å². The summed E-state index contributed by atoms with van der Waals surface area (Å²) >= 11 is 0. The second-order valence-electron chi connectivity index (χ2n) is 7.62. The molecule has 1 aliphatic heterocycles. The summed E-state index contributed by atoms with van der Waals surface area (Å²) in [6.07, 6.45) is 1.23. The van der Waals surface area contributed by atoms with E-state index in [2.05, 4.69) is 63.9 Å². The third kappa shape index (κ3) is 3.87. The standard InChI is InChI=1S/C19H32N2/c1-7-8-21(17-11-20-12-17)13-18-14(2)9-16(10-15(18)3)19(4,5)6/h9-10,17,20H,7-8,11-13H2,1-6H3. The van der Waals surface area contributed by atoms with Gasteiger partial charge in [0.25, 0.3) is 0 Å². The minimum Gasteiger partial charge on any atom is -0.314 e. The molecule has 1 fully saturated rings. The van der Waals surface area contributed by atoms with Crippen LogP contribution >= 0.6 is 0 Å². The van der Waals surface area contributed by atoms with Crippen LogP contribution in [0.25, 0.3) is 0 Å². The molecule has 1 saturated heterocycles. The van der Waals surface area contributed by atoms with Gasteiger partial charge in [0, 0.05) is 25.7 Å². The highest BCUT2D eigenvalue weighted by Gasteiger charge is 2.25. The quantitative estimate of drug-likeness (QED) is 0.887. The first-order valence-corrected chi connectivity index (χ1v) is 8.38. The van der Waals surface area contributed by atoms with Gasteiger partial charge in [0.05, 0.1) is 0 Å². The summed E-state index contributed by atoms with van der Waals surface area (Å²) in [5.74, 6) is 0. The summed E-state index contributed by atoms with van der Waals surface area (Å²) < 4.78 is 0. The highest BCUT2D eigenvalue weighted by atomic mass is 15.2. The Labute approximate surface area is 130 Å². The van der Waals surface area contributed by atoms with Gasteiger partial charge in [-0.25, -0.2) is 0 Å². The van der Waals surface area contributed by atoms with E-state index in [9.17, 15) is 0 Å². The fraction of sp³-hybridized carbons (Fsp3) is 0.684. The Morgan fingerprint density at radius 3 is 2.10 bits per heavy atom. The van der Waals surface area contributed by atoms with Gasteiger partial charge in [0.2, 0.25) is 0 Å². The number of nitrogens with zero attached hydrogens (tertiary/aromatic N) is 1. The summed E-state index contributed by atoms with van der Waals surface area (Å²) in [6.45, 7) is 18.3. The van der Waals surface area contributed by atoms with E-state index in [1.807, 2.05) is 0 Å². The average Bonchev–Trinajstić information content (AvgIpc) is 2.30. The molecule has 1 N–H and O–H groups in total. The van der Waals surface area contributed by atoms with E-state index < -0.39 is 0 Å². The molecular formula is C19H32N2. The predicted molar refractivity (Wildman–Crippen MR) is 92.0 cm³/mol. The van der Waals surface area contributed by atoms with E-state index in [4.69, 9.17) is 0 Å². The molecule has 0 spiro atoms. The topological polar surface area (TPSA) is 15.3 Å². The van der Waals surface area contributed by atoms with E-state index in [1.54, 1.807) is 0 Å². The molecular weight excluding hydrogens is 256 g/mol. The lowest BCUT2D eigenvalue weighted by Crippen LogP contribution is -2.57. The van der Waals surface area contributed by atoms with Crippen LogP contribution < -0.4 is 5.32 Å². The third-order valence-electron chi connectivity index (χ3n) is 4.71. The van der Waals surface area contributed by atoms with E-state index in [0.29, 0.717) is 0 Å². The van der Waals surface area contributed by atoms with Crippen molar-refractivity contribution in [2.45, 2.75) is 66.0 Å². The van der Waals surface area contributed by atoms with Crippen molar-refractivity contribution in [3.8, 4) is 0 Å². The van der Waals surface area contributed by atoms with Gasteiger partial charge in [-0.05, 0) is 54.5 Å². The summed E-state index contributed by atoms with van der Waals surface area (Å²) in [5, 5.41) is 3.40. The Morgan fingerprint density at radius 1 is 1.14 bits per heavy atom. The van der Waals surface area contributed by atoms with Crippen LogP contribution in [0.5, 0.6) is 0 Å². The maximum atomic E-state index is 3.40. The van der Waals surface area contributed by atoms with Gasteiger partial charge in [-0.2, -0.15) is 0 Å². The van der Waals surface area contributed by atoms with Crippen LogP contribution in [0.4, 0.5) is 0 Å². The molecule has 0 atom stereocenters. The Balaban J connectivity index is 2.22. The van der Waals surface area contributed by atoms with Crippen LogP contribution in [-0.2, 0) is 12.0 Å². The number of hydrogen-bond acceptors (Lipinski definition) is 2. The molecule has 0 aromatic heterocycles. The largest absolute Gasteiger partial charge is 0.314 e. The summed E-state index contributed by atoms with van der Waals surface area (Å²) in [4.78, 5) is 2.66. The van der Waals surface area contributed by atoms with Crippen molar-refractivity contribution in [2.24, 2.45) is 0 Å². The fourth-order valence-electron chi connectivity index (χ4n) is 3.09. The Morgan fingerprint density at radius 2 is 1.71 bits per heavy atom. The molecule has 0 aliphatic carbocycles. The van der Waals surface area contributed by atoms with Crippen molar-refractivity contribution in [1.29, 1.82) is 0 Å². The van der Waals surface area contributed by atoms with Crippen molar-refractivity contribution >= 4 is 0 Å². The van der Waals surface area contributed by atoms with Gasteiger partial charge in [-0.3, -0.25) is 4.90 Å². The number of benzene rings is 1. The lowest BCUT2D eigenvalue weighted by atomic mass is 9.83. The smallest absolute Gasteiger partial charge is 0.0348 e. The number of rotatable bonds is 5. The van der Waals surface area contributed by atoms with E-state index in [-0.39, 0.29) is 5.41 Å². The van der Waals surface area contributed by atoms with E-state index >= 15 is 0 Å². The van der Waals surface area contributed by atoms with Crippen LogP contribution in [0.3, 0.4) is 0 Å². The SMILES string of the molecule is CCCN(Cc1c(C)cc(C(C)(C)C)cc1C)C1CNC1. The zero-order valence-corrected chi connectivity index (χ0v) is 14.7. The molecule has 2 rings (SSSR count). The molecule has 1 aliphatic rings. The molecule has 0 radical (unpaired) electrons. The van der Waals surface area contributed by atoms with E-state index in [1.165, 1.54) is 35.2 Å². The molecule has 1 aromatic rings. The fourth-order valence-corrected chi connectivity index (χ4v) is 3.09. The average molecular weight is 288 g/mol. The second kappa shape index (κ2) is 6.50. The normalized spacial score (nSPS) is 16.3. The molecule has 1 aromatic carbocycles. The Kier molecular flexibility index (Phi) is 5.11. The van der Waals surface area contributed by atoms with Crippen molar-refractivity contribution in [3.05, 3.63) is 34.4 Å². The molecule has 0 unspecified atom stereocenters. The van der Waals surface area contributed by atoms with Crippen molar-refractivity contribution < 1.29 is 0 Å². The van der Waals surface area contributed by atoms with Crippen LogP contribution in [0.1, 0.15) is 56.4 Å². The van der Waals surface area contributed by atoms with Gasteiger partial charge < -0.3 is 5.32 Å². The Hall–Kier alpha value is -0.860. The van der Waals surface area contributed by atoms with Gasteiger partial charge in [-0.1, -0.05) is 39.8 Å². The maximum Gasteiger partial charge on any atom is 0.0348 e. The third-order valence-corrected chi connectivity index (χ3v) is 4.71. The van der Waals surface area contributed by atoms with Gasteiger partial charge in [0.1, 0.15) is 0 Å². The minimum absolute atomic E-state index is 0.231. The highest BCUT2D eigenvalue weighted by Crippen LogP contribution is 2.28. The summed E-state index contributed by atoms with van der Waals surface area (Å²) in [6, 6.07) is 5.52. The number of nitrogens with one attached hydrogen (secondary N) is 1. The van der Waals surface area contributed by atoms with Crippen molar-refractivity contribution in [1.82, 2.24) is 10.2 Å². The molecule has 118 valence electrons. The van der Waals surface area contributed by atoms with Gasteiger partial charge >= 0.3 is 0 Å². The summed E-state index contributed by atoms with van der Waals surface area (Å²) in [7, 11) is 0. The molecule has 2 heteroatoms. The molecule has 21 heavy (non-hydrogen) atoms. The van der Waals surface area contributed by atoms with E-state index in [0.717, 1.165) is 25.7 Å². The number of aryl methyl sites for hydroxylation is 2. The minimum atomic E-state index is 0.231. The van der Waals surface area contributed by atoms with Crippen LogP contribution in [0.2, 0.25) is 0 Å². The lowest BCUT2D eigenvalue weighted by molar-refractivity contribution is 0.137. The van der Waals surface area contributed by atoms with Crippen molar-refractivity contribution in [2.75, 3.05) is 19.6 Å². The molecule has 2 nitrogen and oxygen atoms in total. The first-order chi connectivity index (χ1) is 9.82. The highest BCUT2D eigenvalue weighted by molar-refractivity contribution is 5.40. The first-order valence-electron chi connectivity index (χ1n) is 8.38. The molecule has 0 saturated carbocycles. The monoisotopic (exact) mass is 288 g/mol. The summed E-state index contributed by atoms with van der Waals surface area (Å²) in [5.41, 5.74) is 6.12. The van der Waals surface area contributed by atoms with Crippen LogP contribution in [0.15, 0.2) is 12.1 Å². The van der Waals surface area contributed by atoms with Crippen molar-refractivity contribution in [3.63, 3.8) is 0 Å². The predicted octanol–water partition coefficient (Wildman–Crippen LogP) is 3.78. The lowest BCUT2D eigenvalue weighted by Gasteiger charge is -2.39. The van der Waals surface area contributed by atoms with Crippen LogP contribution in [-0.4, -0.2) is 30.6 Å². The second-order valence-corrected chi connectivity index (χ2v) is 7.62. The number of hydrogen-bond donors (Lipinski definition) is 1. The zero-order chi connectivity index (χ0) is 15.6. The first kappa shape index (κ1) is 16.5. The van der Waals surface area contributed by atoms with Gasteiger partial charge in [-0.15, -0.1) is 0 Å². The van der Waals surface area contributed by atoms with Crippen LogP contribution in [0, 0.1) is 13.8 Å². The zero-order valence-electron chi connectivity index (χ0n) is 14.7. The molecule has 0 bridgehead atoms. The maximum absolute atomic E-state index is 3.40. The molecule has 0 amide bonds.